The molecule has 3 rings (SSSR count). The Kier molecular flexibility index (Phi) is 6.16. The molecular formula is C22H26N4O3. The van der Waals surface area contributed by atoms with Crippen LogP contribution < -0.4 is 20.9 Å². The second-order valence-corrected chi connectivity index (χ2v) is 7.32. The van der Waals surface area contributed by atoms with Gasteiger partial charge in [0.2, 0.25) is 11.8 Å². The number of carbonyl (C=O) groups is 3. The van der Waals surface area contributed by atoms with Gasteiger partial charge in [0.15, 0.2) is 0 Å². The molecule has 4 amide bonds. The van der Waals surface area contributed by atoms with Gasteiger partial charge < -0.3 is 15.5 Å². The van der Waals surface area contributed by atoms with Gasteiger partial charge in [-0.3, -0.25) is 14.9 Å². The first-order valence-electron chi connectivity index (χ1n) is 9.69. The number of carbonyl (C=O) groups excluding carboxylic acids is 3. The third-order valence-corrected chi connectivity index (χ3v) is 4.90. The number of imide groups is 1. The van der Waals surface area contributed by atoms with E-state index in [2.05, 4.69) is 16.0 Å². The van der Waals surface area contributed by atoms with Crippen molar-refractivity contribution in [3.8, 4) is 0 Å². The Hall–Kier alpha value is -3.35. The second kappa shape index (κ2) is 8.77. The Balaban J connectivity index is 1.53. The number of aryl methyl sites for hydroxylation is 2. The lowest BCUT2D eigenvalue weighted by Crippen LogP contribution is -2.43. The van der Waals surface area contributed by atoms with Crippen molar-refractivity contribution in [2.45, 2.75) is 39.7 Å². The van der Waals surface area contributed by atoms with E-state index in [1.807, 2.05) is 56.3 Å². The molecule has 1 unspecified atom stereocenters. The minimum absolute atomic E-state index is 0.133. The lowest BCUT2D eigenvalue weighted by atomic mass is 10.1. The van der Waals surface area contributed by atoms with Crippen LogP contribution in [-0.2, 0) is 9.59 Å². The van der Waals surface area contributed by atoms with E-state index in [0.717, 1.165) is 35.5 Å². The zero-order valence-electron chi connectivity index (χ0n) is 16.9. The van der Waals surface area contributed by atoms with Crippen LogP contribution in [0, 0.1) is 13.8 Å². The van der Waals surface area contributed by atoms with Crippen LogP contribution in [0.2, 0.25) is 0 Å². The molecule has 2 aromatic rings. The van der Waals surface area contributed by atoms with E-state index in [0.29, 0.717) is 12.1 Å². The number of urea groups is 1. The maximum atomic E-state index is 12.3. The molecule has 0 saturated carbocycles. The number of nitrogens with zero attached hydrogens (tertiary/aromatic N) is 1. The van der Waals surface area contributed by atoms with Crippen LogP contribution in [0.5, 0.6) is 0 Å². The highest BCUT2D eigenvalue weighted by Gasteiger charge is 2.21. The zero-order valence-corrected chi connectivity index (χ0v) is 16.9. The highest BCUT2D eigenvalue weighted by molar-refractivity contribution is 6.03. The highest BCUT2D eigenvalue weighted by atomic mass is 16.2. The van der Waals surface area contributed by atoms with Gasteiger partial charge in [-0.1, -0.05) is 17.7 Å². The van der Waals surface area contributed by atoms with Crippen molar-refractivity contribution < 1.29 is 14.4 Å². The molecule has 1 heterocycles. The molecule has 152 valence electrons. The largest absolute Gasteiger partial charge is 0.374 e. The maximum absolute atomic E-state index is 12.3. The summed E-state index contributed by atoms with van der Waals surface area (Å²) in [6, 6.07) is 11.8. The summed E-state index contributed by atoms with van der Waals surface area (Å²) in [5, 5.41) is 8.10. The van der Waals surface area contributed by atoms with Crippen molar-refractivity contribution in [2.24, 2.45) is 0 Å². The van der Waals surface area contributed by atoms with E-state index in [-0.39, 0.29) is 5.91 Å². The van der Waals surface area contributed by atoms with Crippen molar-refractivity contribution in [1.29, 1.82) is 0 Å². The molecule has 1 saturated heterocycles. The summed E-state index contributed by atoms with van der Waals surface area (Å²) < 4.78 is 0. The lowest BCUT2D eigenvalue weighted by Gasteiger charge is -2.18. The van der Waals surface area contributed by atoms with Crippen LogP contribution in [0.1, 0.15) is 30.9 Å². The van der Waals surface area contributed by atoms with E-state index in [1.54, 1.807) is 11.8 Å². The van der Waals surface area contributed by atoms with Crippen LogP contribution in [-0.4, -0.2) is 30.4 Å². The molecule has 1 fully saturated rings. The Morgan fingerprint density at radius 2 is 1.79 bits per heavy atom. The smallest absolute Gasteiger partial charge is 0.325 e. The van der Waals surface area contributed by atoms with Crippen molar-refractivity contribution in [3.63, 3.8) is 0 Å². The van der Waals surface area contributed by atoms with E-state index < -0.39 is 18.0 Å². The summed E-state index contributed by atoms with van der Waals surface area (Å²) in [6.07, 6.45) is 1.46. The van der Waals surface area contributed by atoms with Gasteiger partial charge in [-0.05, 0) is 63.1 Å². The zero-order chi connectivity index (χ0) is 21.0. The molecule has 7 nitrogen and oxygen atoms in total. The molecule has 0 radical (unpaired) electrons. The van der Waals surface area contributed by atoms with Crippen LogP contribution in [0.25, 0.3) is 0 Å². The standard InChI is InChI=1S/C22H26N4O3/c1-14-6-11-19(15(2)13-14)24-22(29)25-21(28)16(3)23-17-7-9-18(10-8-17)26-12-4-5-20(26)27/h6-11,13,16,23H,4-5,12H2,1-3H3,(H2,24,25,28,29). The Morgan fingerprint density at radius 1 is 1.07 bits per heavy atom. The molecule has 1 atom stereocenters. The Labute approximate surface area is 170 Å². The number of hydrogen-bond donors (Lipinski definition) is 3. The van der Waals surface area contributed by atoms with Gasteiger partial charge >= 0.3 is 6.03 Å². The minimum atomic E-state index is -0.612. The van der Waals surface area contributed by atoms with E-state index >= 15 is 0 Å². The molecule has 0 aromatic heterocycles. The Bertz CT molecular complexity index is 924. The fourth-order valence-electron chi connectivity index (χ4n) is 3.30. The predicted octanol–water partition coefficient (Wildman–Crippen LogP) is 3.58. The first kappa shape index (κ1) is 20.4. The van der Waals surface area contributed by atoms with Crippen molar-refractivity contribution >= 4 is 34.9 Å². The lowest BCUT2D eigenvalue weighted by molar-refractivity contribution is -0.120. The fourth-order valence-corrected chi connectivity index (χ4v) is 3.30. The summed E-state index contributed by atoms with van der Waals surface area (Å²) in [6.45, 7) is 6.29. The third-order valence-electron chi connectivity index (χ3n) is 4.90. The monoisotopic (exact) mass is 394 g/mol. The van der Waals surface area contributed by atoms with Crippen LogP contribution in [0.4, 0.5) is 21.9 Å². The number of amides is 4. The minimum Gasteiger partial charge on any atom is -0.374 e. The predicted molar refractivity (Wildman–Crippen MR) is 114 cm³/mol. The second-order valence-electron chi connectivity index (χ2n) is 7.32. The van der Waals surface area contributed by atoms with E-state index in [1.165, 1.54) is 0 Å². The van der Waals surface area contributed by atoms with E-state index in [4.69, 9.17) is 0 Å². The molecule has 1 aliphatic rings. The molecule has 0 bridgehead atoms. The summed E-state index contributed by atoms with van der Waals surface area (Å²) in [4.78, 5) is 38.0. The maximum Gasteiger partial charge on any atom is 0.325 e. The van der Waals surface area contributed by atoms with Gasteiger partial charge in [0.25, 0.3) is 0 Å². The third kappa shape index (κ3) is 5.13. The summed E-state index contributed by atoms with van der Waals surface area (Å²) >= 11 is 0. The van der Waals surface area contributed by atoms with Gasteiger partial charge in [0.1, 0.15) is 6.04 Å². The van der Waals surface area contributed by atoms with Gasteiger partial charge in [-0.15, -0.1) is 0 Å². The number of anilines is 3. The molecule has 0 aliphatic carbocycles. The average molecular weight is 394 g/mol. The first-order chi connectivity index (χ1) is 13.8. The number of rotatable bonds is 5. The number of benzene rings is 2. The highest BCUT2D eigenvalue weighted by Crippen LogP contribution is 2.23. The first-order valence-corrected chi connectivity index (χ1v) is 9.69. The quantitative estimate of drug-likeness (QED) is 0.723. The van der Waals surface area contributed by atoms with Gasteiger partial charge in [0, 0.05) is 30.0 Å². The van der Waals surface area contributed by atoms with Crippen molar-refractivity contribution in [2.75, 3.05) is 22.1 Å². The topological polar surface area (TPSA) is 90.5 Å². The van der Waals surface area contributed by atoms with Gasteiger partial charge in [0.05, 0.1) is 0 Å². The normalized spacial score (nSPS) is 14.4. The fraction of sp³-hybridized carbons (Fsp3) is 0.318. The molecule has 29 heavy (non-hydrogen) atoms. The summed E-state index contributed by atoms with van der Waals surface area (Å²) in [7, 11) is 0. The molecule has 7 heteroatoms. The SMILES string of the molecule is Cc1ccc(NC(=O)NC(=O)C(C)Nc2ccc(N3CCCC3=O)cc2)c(C)c1. The van der Waals surface area contributed by atoms with Crippen LogP contribution in [0.3, 0.4) is 0 Å². The Morgan fingerprint density at radius 3 is 2.41 bits per heavy atom. The van der Waals surface area contributed by atoms with Crippen molar-refractivity contribution in [1.82, 2.24) is 5.32 Å². The summed E-state index contributed by atoms with van der Waals surface area (Å²) in [5.41, 5.74) is 4.27. The van der Waals surface area contributed by atoms with Gasteiger partial charge in [-0.25, -0.2) is 4.79 Å². The van der Waals surface area contributed by atoms with E-state index in [9.17, 15) is 14.4 Å². The molecule has 3 N–H and O–H groups in total. The van der Waals surface area contributed by atoms with Crippen LogP contribution in [0.15, 0.2) is 42.5 Å². The van der Waals surface area contributed by atoms with Gasteiger partial charge in [-0.2, -0.15) is 0 Å². The summed E-state index contributed by atoms with van der Waals surface area (Å²) in [5.74, 6) is -0.306. The number of nitrogens with one attached hydrogen (secondary N) is 3. The molecule has 2 aromatic carbocycles. The molecular weight excluding hydrogens is 368 g/mol. The molecule has 0 spiro atoms. The average Bonchev–Trinajstić information content (AvgIpc) is 3.10. The number of hydrogen-bond acceptors (Lipinski definition) is 4. The van der Waals surface area contributed by atoms with Crippen molar-refractivity contribution in [3.05, 3.63) is 53.6 Å². The molecule has 1 aliphatic heterocycles. The van der Waals surface area contributed by atoms with Crippen LogP contribution >= 0.6 is 0 Å².